The normalized spacial score (nSPS) is 13.0. The number of rotatable bonds is 4. The Morgan fingerprint density at radius 3 is 2.43 bits per heavy atom. The molecule has 112 valence electrons. The highest BCUT2D eigenvalue weighted by atomic mass is 32.1. The van der Waals surface area contributed by atoms with Crippen LogP contribution in [0.15, 0.2) is 41.9 Å². The Bertz CT molecular complexity index is 573. The minimum absolute atomic E-state index is 0.0183. The number of hydrogen-bond acceptors (Lipinski definition) is 3. The zero-order chi connectivity index (χ0) is 15.5. The summed E-state index contributed by atoms with van der Waals surface area (Å²) in [4.78, 5) is 18.6. The molecule has 0 aliphatic heterocycles. The Balaban J connectivity index is 2.36. The van der Waals surface area contributed by atoms with E-state index >= 15 is 0 Å². The fraction of sp³-hybridized carbons (Fsp3) is 0.412. The first kappa shape index (κ1) is 15.7. The number of thiazole rings is 1. The predicted octanol–water partition coefficient (Wildman–Crippen LogP) is 4.28. The molecule has 0 bridgehead atoms. The van der Waals surface area contributed by atoms with E-state index < -0.39 is 0 Å². The summed E-state index contributed by atoms with van der Waals surface area (Å²) in [6.07, 6.45) is 1.81. The van der Waals surface area contributed by atoms with Gasteiger partial charge in [0.05, 0.1) is 6.04 Å². The molecule has 0 radical (unpaired) electrons. The average molecular weight is 302 g/mol. The van der Waals surface area contributed by atoms with Crippen molar-refractivity contribution in [3.05, 3.63) is 52.5 Å². The lowest BCUT2D eigenvalue weighted by Crippen LogP contribution is -2.39. The van der Waals surface area contributed by atoms with Gasteiger partial charge in [-0.3, -0.25) is 4.79 Å². The fourth-order valence-electron chi connectivity index (χ4n) is 2.51. The molecule has 0 N–H and O–H groups in total. The van der Waals surface area contributed by atoms with Crippen LogP contribution in [0.25, 0.3) is 0 Å². The van der Waals surface area contributed by atoms with Crippen LogP contribution in [0.1, 0.15) is 44.3 Å². The summed E-state index contributed by atoms with van der Waals surface area (Å²) in [5.74, 6) is 0.0778. The first-order valence-corrected chi connectivity index (χ1v) is 7.98. The Hall–Kier alpha value is -1.68. The van der Waals surface area contributed by atoms with E-state index in [1.807, 2.05) is 28.5 Å². The van der Waals surface area contributed by atoms with E-state index in [-0.39, 0.29) is 17.4 Å². The lowest BCUT2D eigenvalue weighted by atomic mass is 9.85. The molecule has 0 saturated carbocycles. The van der Waals surface area contributed by atoms with Gasteiger partial charge in [0.2, 0.25) is 5.91 Å². The lowest BCUT2D eigenvalue weighted by Gasteiger charge is -2.38. The molecule has 0 saturated heterocycles. The van der Waals surface area contributed by atoms with Gasteiger partial charge in [-0.25, -0.2) is 4.98 Å². The van der Waals surface area contributed by atoms with Crippen LogP contribution in [0.2, 0.25) is 0 Å². The maximum atomic E-state index is 12.2. The van der Waals surface area contributed by atoms with E-state index in [4.69, 9.17) is 0 Å². The third-order valence-electron chi connectivity index (χ3n) is 3.42. The molecular formula is C17H22N2OS. The first-order chi connectivity index (χ1) is 9.89. The predicted molar refractivity (Wildman–Crippen MR) is 87.0 cm³/mol. The lowest BCUT2D eigenvalue weighted by molar-refractivity contribution is -0.134. The van der Waals surface area contributed by atoms with Crippen LogP contribution < -0.4 is 0 Å². The van der Waals surface area contributed by atoms with Crippen molar-refractivity contribution in [2.45, 2.75) is 40.3 Å². The van der Waals surface area contributed by atoms with Crippen molar-refractivity contribution in [3.8, 4) is 0 Å². The highest BCUT2D eigenvalue weighted by molar-refractivity contribution is 7.09. The van der Waals surface area contributed by atoms with Crippen LogP contribution in [0.5, 0.6) is 0 Å². The topological polar surface area (TPSA) is 33.2 Å². The molecule has 0 spiro atoms. The number of aromatic nitrogens is 1. The van der Waals surface area contributed by atoms with E-state index in [2.05, 4.69) is 37.9 Å². The van der Waals surface area contributed by atoms with Gasteiger partial charge in [0.25, 0.3) is 0 Å². The zero-order valence-electron chi connectivity index (χ0n) is 13.0. The van der Waals surface area contributed by atoms with Crippen LogP contribution in [-0.2, 0) is 11.3 Å². The van der Waals surface area contributed by atoms with Gasteiger partial charge in [-0.05, 0) is 11.0 Å². The molecule has 21 heavy (non-hydrogen) atoms. The monoisotopic (exact) mass is 302 g/mol. The maximum Gasteiger partial charge on any atom is 0.220 e. The van der Waals surface area contributed by atoms with E-state index in [0.717, 1.165) is 10.6 Å². The van der Waals surface area contributed by atoms with Gasteiger partial charge in [-0.1, -0.05) is 51.1 Å². The molecule has 1 amide bonds. The molecule has 1 aromatic heterocycles. The quantitative estimate of drug-likeness (QED) is 0.844. The van der Waals surface area contributed by atoms with Crippen molar-refractivity contribution in [3.63, 3.8) is 0 Å². The summed E-state index contributed by atoms with van der Waals surface area (Å²) in [5.41, 5.74) is 1.07. The number of hydrogen-bond donors (Lipinski definition) is 0. The minimum atomic E-state index is -0.0711. The third kappa shape index (κ3) is 3.91. The van der Waals surface area contributed by atoms with Crippen molar-refractivity contribution < 1.29 is 4.79 Å². The van der Waals surface area contributed by atoms with Crippen LogP contribution in [0.4, 0.5) is 0 Å². The molecule has 1 aromatic carbocycles. The molecule has 0 aliphatic carbocycles. The number of amides is 1. The second-order valence-corrected chi connectivity index (χ2v) is 7.20. The molecule has 4 heteroatoms. The largest absolute Gasteiger partial charge is 0.329 e. The summed E-state index contributed by atoms with van der Waals surface area (Å²) >= 11 is 1.61. The number of nitrogens with zero attached hydrogens (tertiary/aromatic N) is 2. The second-order valence-electron chi connectivity index (χ2n) is 6.27. The molecule has 2 aromatic rings. The third-order valence-corrected chi connectivity index (χ3v) is 4.25. The Morgan fingerprint density at radius 2 is 1.95 bits per heavy atom. The van der Waals surface area contributed by atoms with Crippen molar-refractivity contribution in [1.29, 1.82) is 0 Å². The van der Waals surface area contributed by atoms with Crippen molar-refractivity contribution in [2.24, 2.45) is 5.41 Å². The highest BCUT2D eigenvalue weighted by Crippen LogP contribution is 2.39. The standard InChI is InChI=1S/C17H22N2OS/c1-13(20)19(12-14-8-6-5-7-9-14)15(17(2,3)4)16-18-10-11-21-16/h5-11,15H,12H2,1-4H3. The number of benzene rings is 1. The van der Waals surface area contributed by atoms with Crippen molar-refractivity contribution >= 4 is 17.2 Å². The molecule has 3 nitrogen and oxygen atoms in total. The zero-order valence-corrected chi connectivity index (χ0v) is 13.9. The van der Waals surface area contributed by atoms with E-state index in [9.17, 15) is 4.79 Å². The smallest absolute Gasteiger partial charge is 0.220 e. The van der Waals surface area contributed by atoms with Gasteiger partial charge in [-0.15, -0.1) is 11.3 Å². The van der Waals surface area contributed by atoms with E-state index in [0.29, 0.717) is 6.54 Å². The number of carbonyl (C=O) groups is 1. The second kappa shape index (κ2) is 6.39. The Kier molecular flexibility index (Phi) is 4.78. The van der Waals surface area contributed by atoms with Gasteiger partial charge in [0.15, 0.2) is 0 Å². The molecule has 0 fully saturated rings. The van der Waals surface area contributed by atoms with Crippen molar-refractivity contribution in [1.82, 2.24) is 9.88 Å². The fourth-order valence-corrected chi connectivity index (χ4v) is 3.50. The van der Waals surface area contributed by atoms with Gasteiger partial charge in [-0.2, -0.15) is 0 Å². The van der Waals surface area contributed by atoms with Gasteiger partial charge >= 0.3 is 0 Å². The molecule has 1 atom stereocenters. The summed E-state index contributed by atoms with van der Waals surface area (Å²) in [6, 6.07) is 10.1. The van der Waals surface area contributed by atoms with E-state index in [1.54, 1.807) is 24.5 Å². The van der Waals surface area contributed by atoms with Crippen LogP contribution >= 0.6 is 11.3 Å². The Labute approximate surface area is 130 Å². The minimum Gasteiger partial charge on any atom is -0.329 e. The summed E-state index contributed by atoms with van der Waals surface area (Å²) in [6.45, 7) is 8.70. The molecule has 1 heterocycles. The summed E-state index contributed by atoms with van der Waals surface area (Å²) in [5, 5.41) is 2.96. The summed E-state index contributed by atoms with van der Waals surface area (Å²) in [7, 11) is 0. The van der Waals surface area contributed by atoms with Crippen LogP contribution in [0, 0.1) is 5.41 Å². The van der Waals surface area contributed by atoms with Gasteiger partial charge in [0.1, 0.15) is 5.01 Å². The SMILES string of the molecule is CC(=O)N(Cc1ccccc1)C(c1nccs1)C(C)(C)C. The summed E-state index contributed by atoms with van der Waals surface area (Å²) < 4.78 is 0. The molecular weight excluding hydrogens is 280 g/mol. The number of carbonyl (C=O) groups excluding carboxylic acids is 1. The van der Waals surface area contributed by atoms with Gasteiger partial charge in [0, 0.05) is 25.0 Å². The Morgan fingerprint density at radius 1 is 1.29 bits per heavy atom. The molecule has 0 aliphatic rings. The molecule has 2 rings (SSSR count). The van der Waals surface area contributed by atoms with Crippen LogP contribution in [0.3, 0.4) is 0 Å². The van der Waals surface area contributed by atoms with Crippen LogP contribution in [-0.4, -0.2) is 15.8 Å². The first-order valence-electron chi connectivity index (χ1n) is 7.10. The van der Waals surface area contributed by atoms with Gasteiger partial charge < -0.3 is 4.90 Å². The highest BCUT2D eigenvalue weighted by Gasteiger charge is 2.35. The van der Waals surface area contributed by atoms with E-state index in [1.165, 1.54) is 0 Å². The van der Waals surface area contributed by atoms with Crippen molar-refractivity contribution in [2.75, 3.05) is 0 Å². The average Bonchev–Trinajstić information content (AvgIpc) is 2.91. The molecule has 1 unspecified atom stereocenters. The maximum absolute atomic E-state index is 12.2.